The van der Waals surface area contributed by atoms with Crippen molar-refractivity contribution in [2.24, 2.45) is 11.5 Å². The van der Waals surface area contributed by atoms with Crippen molar-refractivity contribution in [1.82, 2.24) is 15.0 Å². The number of benzene rings is 4. The first-order valence-electron chi connectivity index (χ1n) is 13.6. The minimum Gasteiger partial charge on any atom is -0.350 e. The van der Waals surface area contributed by atoms with Crippen molar-refractivity contribution in [1.29, 1.82) is 0 Å². The van der Waals surface area contributed by atoms with E-state index in [0.29, 0.717) is 44.0 Å². The van der Waals surface area contributed by atoms with Crippen LogP contribution in [0.25, 0.3) is 21.5 Å². The second-order valence-electron chi connectivity index (χ2n) is 9.54. The highest BCUT2D eigenvalue weighted by atomic mass is 15.3. The van der Waals surface area contributed by atoms with Crippen LogP contribution in [0.5, 0.6) is 0 Å². The molecule has 0 spiro atoms. The summed E-state index contributed by atoms with van der Waals surface area (Å²) in [6, 6.07) is 29.5. The molecule has 0 unspecified atom stereocenters. The predicted octanol–water partition coefficient (Wildman–Crippen LogP) is 4.91. The topological polar surface area (TPSA) is 118 Å². The molecule has 0 atom stereocenters. The molecular formula is C31H36N8. The molecule has 4 aromatic carbocycles. The summed E-state index contributed by atoms with van der Waals surface area (Å²) >= 11 is 0. The van der Waals surface area contributed by atoms with Crippen molar-refractivity contribution in [3.63, 3.8) is 0 Å². The lowest BCUT2D eigenvalue weighted by Crippen LogP contribution is -2.31. The minimum atomic E-state index is 0.527. The summed E-state index contributed by atoms with van der Waals surface area (Å²) in [4.78, 5) is 16.5. The van der Waals surface area contributed by atoms with Gasteiger partial charge in [0.15, 0.2) is 0 Å². The number of hydrogen-bond donors (Lipinski definition) is 4. The zero-order chi connectivity index (χ0) is 26.9. The molecule has 0 bridgehead atoms. The molecule has 1 heterocycles. The predicted molar refractivity (Wildman–Crippen MR) is 162 cm³/mol. The molecule has 5 rings (SSSR count). The first-order chi connectivity index (χ1) is 19.2. The standard InChI is InChI=1S/C31H36N8/c32-17-7-19-39(20-8-18-33)31-37-29(34-21-25-13-5-11-23-9-1-3-15-27(23)25)36-30(38-31)35-22-26-14-6-12-24-10-2-4-16-28(24)26/h1-6,9-16H,7-8,17-22,32-33H2,(H2,34,35,36,37,38). The van der Waals surface area contributed by atoms with Crippen LogP contribution in [0.15, 0.2) is 84.9 Å². The summed E-state index contributed by atoms with van der Waals surface area (Å²) in [5.41, 5.74) is 14.0. The highest BCUT2D eigenvalue weighted by Gasteiger charge is 2.14. The van der Waals surface area contributed by atoms with Crippen LogP contribution < -0.4 is 27.0 Å². The lowest BCUT2D eigenvalue weighted by Gasteiger charge is -2.23. The maximum absolute atomic E-state index is 5.83. The summed E-state index contributed by atoms with van der Waals surface area (Å²) in [7, 11) is 0. The molecule has 8 heteroatoms. The Kier molecular flexibility index (Phi) is 8.78. The van der Waals surface area contributed by atoms with Crippen molar-refractivity contribution >= 4 is 39.4 Å². The first-order valence-corrected chi connectivity index (χ1v) is 13.6. The monoisotopic (exact) mass is 520 g/mol. The highest BCUT2D eigenvalue weighted by Crippen LogP contribution is 2.22. The van der Waals surface area contributed by atoms with Gasteiger partial charge in [0.25, 0.3) is 0 Å². The Labute approximate surface area is 229 Å². The fourth-order valence-corrected chi connectivity index (χ4v) is 4.78. The zero-order valence-electron chi connectivity index (χ0n) is 22.2. The van der Waals surface area contributed by atoms with Gasteiger partial charge in [-0.15, -0.1) is 0 Å². The number of aromatic nitrogens is 3. The molecule has 200 valence electrons. The highest BCUT2D eigenvalue weighted by molar-refractivity contribution is 5.86. The molecule has 0 aliphatic carbocycles. The van der Waals surface area contributed by atoms with E-state index >= 15 is 0 Å². The van der Waals surface area contributed by atoms with E-state index in [1.807, 2.05) is 0 Å². The molecule has 1 aromatic heterocycles. The van der Waals surface area contributed by atoms with E-state index in [2.05, 4.69) is 100 Å². The second kappa shape index (κ2) is 13.0. The van der Waals surface area contributed by atoms with Crippen LogP contribution in [0.3, 0.4) is 0 Å². The second-order valence-corrected chi connectivity index (χ2v) is 9.54. The van der Waals surface area contributed by atoms with Gasteiger partial charge in [-0.1, -0.05) is 84.9 Å². The number of nitrogens with one attached hydrogen (secondary N) is 2. The van der Waals surface area contributed by atoms with Gasteiger partial charge in [0.05, 0.1) is 0 Å². The summed E-state index contributed by atoms with van der Waals surface area (Å²) in [6.45, 7) is 3.90. The summed E-state index contributed by atoms with van der Waals surface area (Å²) in [6.07, 6.45) is 1.68. The Morgan fingerprint density at radius 3 is 1.51 bits per heavy atom. The van der Waals surface area contributed by atoms with Gasteiger partial charge >= 0.3 is 0 Å². The van der Waals surface area contributed by atoms with Gasteiger partial charge in [0, 0.05) is 26.2 Å². The van der Waals surface area contributed by atoms with Crippen molar-refractivity contribution in [2.75, 3.05) is 41.7 Å². The molecule has 0 aliphatic heterocycles. The minimum absolute atomic E-state index is 0.527. The molecule has 0 saturated heterocycles. The fraction of sp³-hybridized carbons (Fsp3) is 0.258. The molecule has 8 nitrogen and oxygen atoms in total. The molecule has 0 amide bonds. The Bertz CT molecular complexity index is 1400. The average Bonchev–Trinajstić information content (AvgIpc) is 2.99. The van der Waals surface area contributed by atoms with E-state index in [4.69, 9.17) is 26.4 Å². The largest absolute Gasteiger partial charge is 0.350 e. The Morgan fingerprint density at radius 1 is 0.564 bits per heavy atom. The van der Waals surface area contributed by atoms with Gasteiger partial charge < -0.3 is 27.0 Å². The molecule has 0 fully saturated rings. The van der Waals surface area contributed by atoms with Crippen LogP contribution in [0.2, 0.25) is 0 Å². The van der Waals surface area contributed by atoms with E-state index in [0.717, 1.165) is 25.9 Å². The van der Waals surface area contributed by atoms with Crippen LogP contribution in [-0.2, 0) is 13.1 Å². The number of nitrogens with two attached hydrogens (primary N) is 2. The number of anilines is 3. The quantitative estimate of drug-likeness (QED) is 0.173. The summed E-state index contributed by atoms with van der Waals surface area (Å²) < 4.78 is 0. The van der Waals surface area contributed by atoms with Crippen LogP contribution >= 0.6 is 0 Å². The van der Waals surface area contributed by atoms with Crippen LogP contribution in [0.4, 0.5) is 17.8 Å². The number of hydrogen-bond acceptors (Lipinski definition) is 8. The van der Waals surface area contributed by atoms with Gasteiger partial charge in [0.2, 0.25) is 17.8 Å². The third-order valence-corrected chi connectivity index (χ3v) is 6.80. The van der Waals surface area contributed by atoms with Gasteiger partial charge in [-0.3, -0.25) is 0 Å². The third kappa shape index (κ3) is 6.60. The SMILES string of the molecule is NCCCN(CCCN)c1nc(NCc2cccc3ccccc23)nc(NCc2cccc3ccccc23)n1. The number of rotatable bonds is 13. The van der Waals surface area contributed by atoms with Crippen molar-refractivity contribution in [2.45, 2.75) is 25.9 Å². The van der Waals surface area contributed by atoms with Crippen LogP contribution in [0, 0.1) is 0 Å². The van der Waals surface area contributed by atoms with E-state index in [1.54, 1.807) is 0 Å². The Balaban J connectivity index is 1.43. The lowest BCUT2D eigenvalue weighted by molar-refractivity contribution is 0.683. The van der Waals surface area contributed by atoms with Gasteiger partial charge in [-0.2, -0.15) is 15.0 Å². The Morgan fingerprint density at radius 2 is 1.03 bits per heavy atom. The molecule has 5 aromatic rings. The van der Waals surface area contributed by atoms with E-state index in [9.17, 15) is 0 Å². The van der Waals surface area contributed by atoms with Crippen molar-refractivity contribution in [3.8, 4) is 0 Å². The van der Waals surface area contributed by atoms with Crippen molar-refractivity contribution < 1.29 is 0 Å². The van der Waals surface area contributed by atoms with Gasteiger partial charge in [-0.25, -0.2) is 0 Å². The van der Waals surface area contributed by atoms with E-state index < -0.39 is 0 Å². The smallest absolute Gasteiger partial charge is 0.231 e. The van der Waals surface area contributed by atoms with Crippen molar-refractivity contribution in [3.05, 3.63) is 96.1 Å². The molecule has 6 N–H and O–H groups in total. The molecule has 39 heavy (non-hydrogen) atoms. The Hall–Kier alpha value is -4.27. The van der Waals surface area contributed by atoms with Crippen LogP contribution in [0.1, 0.15) is 24.0 Å². The summed E-state index contributed by atoms with van der Waals surface area (Å²) in [5, 5.41) is 11.7. The van der Waals surface area contributed by atoms with E-state index in [1.165, 1.54) is 32.7 Å². The maximum atomic E-state index is 5.83. The summed E-state index contributed by atoms with van der Waals surface area (Å²) in [5.74, 6) is 1.67. The van der Waals surface area contributed by atoms with Gasteiger partial charge in [-0.05, 0) is 58.6 Å². The molecular weight excluding hydrogens is 484 g/mol. The first kappa shape index (κ1) is 26.3. The average molecular weight is 521 g/mol. The molecule has 0 aliphatic rings. The third-order valence-electron chi connectivity index (χ3n) is 6.80. The molecule has 0 radical (unpaired) electrons. The normalized spacial score (nSPS) is 11.1. The van der Waals surface area contributed by atoms with Crippen LogP contribution in [-0.4, -0.2) is 41.1 Å². The maximum Gasteiger partial charge on any atom is 0.231 e. The zero-order valence-corrected chi connectivity index (χ0v) is 22.2. The number of nitrogens with zero attached hydrogens (tertiary/aromatic N) is 4. The fourth-order valence-electron chi connectivity index (χ4n) is 4.78. The van der Waals surface area contributed by atoms with E-state index in [-0.39, 0.29) is 0 Å². The lowest BCUT2D eigenvalue weighted by atomic mass is 10.0. The van der Waals surface area contributed by atoms with Gasteiger partial charge in [0.1, 0.15) is 0 Å². The number of fused-ring (bicyclic) bond motifs is 2. The molecule has 0 saturated carbocycles.